The molecular formula is C12H6Br2ClN3S. The van der Waals surface area contributed by atoms with Gasteiger partial charge in [-0.3, -0.25) is 0 Å². The Morgan fingerprint density at radius 2 is 2.00 bits per heavy atom. The lowest BCUT2D eigenvalue weighted by atomic mass is 10.2. The van der Waals surface area contributed by atoms with Gasteiger partial charge in [0.15, 0.2) is 5.82 Å². The average molecular weight is 420 g/mol. The number of aromatic nitrogens is 3. The zero-order valence-corrected chi connectivity index (χ0v) is 14.4. The molecule has 2 aromatic heterocycles. The monoisotopic (exact) mass is 417 g/mol. The average Bonchev–Trinajstić information content (AvgIpc) is 2.77. The number of hydrogen-bond donors (Lipinski definition) is 0. The van der Waals surface area contributed by atoms with E-state index in [1.54, 1.807) is 17.5 Å². The van der Waals surface area contributed by atoms with Crippen LogP contribution in [0.15, 0.2) is 27.3 Å². The second-order valence-electron chi connectivity index (χ2n) is 3.87. The number of aryl methyl sites for hydroxylation is 1. The lowest BCUT2D eigenvalue weighted by Gasteiger charge is -2.05. The van der Waals surface area contributed by atoms with Crippen molar-refractivity contribution < 1.29 is 0 Å². The normalized spacial score (nSPS) is 11.2. The van der Waals surface area contributed by atoms with Gasteiger partial charge in [-0.25, -0.2) is 15.0 Å². The van der Waals surface area contributed by atoms with Crippen LogP contribution < -0.4 is 0 Å². The molecule has 0 atom stereocenters. The van der Waals surface area contributed by atoms with Crippen molar-refractivity contribution in [1.29, 1.82) is 0 Å². The summed E-state index contributed by atoms with van der Waals surface area (Å²) in [6.45, 7) is 1.95. The minimum Gasteiger partial charge on any atom is -0.249 e. The molecule has 3 rings (SSSR count). The molecule has 0 aliphatic carbocycles. The lowest BCUT2D eigenvalue weighted by molar-refractivity contribution is 1.22. The molecule has 0 saturated carbocycles. The zero-order chi connectivity index (χ0) is 13.6. The number of fused-ring (bicyclic) bond motifs is 1. The molecule has 0 saturated heterocycles. The third-order valence-corrected chi connectivity index (χ3v) is 4.77. The largest absolute Gasteiger partial charge is 0.249 e. The molecule has 2 heterocycles. The van der Waals surface area contributed by atoms with E-state index in [1.165, 1.54) is 0 Å². The van der Waals surface area contributed by atoms with Crippen LogP contribution in [0.4, 0.5) is 0 Å². The Morgan fingerprint density at radius 3 is 2.68 bits per heavy atom. The molecule has 0 amide bonds. The highest BCUT2D eigenvalue weighted by atomic mass is 79.9. The second-order valence-corrected chi connectivity index (χ2v) is 7.23. The highest BCUT2D eigenvalue weighted by Gasteiger charge is 2.12. The smallest absolute Gasteiger partial charge is 0.173 e. The summed E-state index contributed by atoms with van der Waals surface area (Å²) in [5, 5.41) is 2.23. The maximum absolute atomic E-state index is 6.25. The van der Waals surface area contributed by atoms with Crippen molar-refractivity contribution in [2.24, 2.45) is 0 Å². The van der Waals surface area contributed by atoms with Crippen LogP contribution in [0.3, 0.4) is 0 Å². The van der Waals surface area contributed by atoms with E-state index >= 15 is 0 Å². The Bertz CT molecular complexity index is 788. The van der Waals surface area contributed by atoms with E-state index < -0.39 is 0 Å². The Labute approximate surface area is 135 Å². The van der Waals surface area contributed by atoms with Crippen LogP contribution in [0.5, 0.6) is 0 Å². The first-order valence-corrected chi connectivity index (χ1v) is 8.08. The summed E-state index contributed by atoms with van der Waals surface area (Å²) in [7, 11) is 0. The van der Waals surface area contributed by atoms with Crippen LogP contribution in [0.1, 0.15) is 5.01 Å². The predicted octanol–water partition coefficient (Wildman–Crippen LogP) is 5.24. The van der Waals surface area contributed by atoms with Crippen molar-refractivity contribution in [3.05, 3.63) is 37.4 Å². The Kier molecular flexibility index (Phi) is 3.59. The summed E-state index contributed by atoms with van der Waals surface area (Å²) in [5.41, 5.74) is 0.796. The van der Waals surface area contributed by atoms with Gasteiger partial charge in [0.2, 0.25) is 0 Å². The van der Waals surface area contributed by atoms with Crippen LogP contribution in [0, 0.1) is 6.92 Å². The molecule has 19 heavy (non-hydrogen) atoms. The van der Waals surface area contributed by atoms with Gasteiger partial charge >= 0.3 is 0 Å². The summed E-state index contributed by atoms with van der Waals surface area (Å²) in [6.07, 6.45) is 1.77. The molecule has 0 N–H and O–H groups in total. The van der Waals surface area contributed by atoms with E-state index in [-0.39, 0.29) is 0 Å². The fourth-order valence-corrected chi connectivity index (χ4v) is 3.95. The van der Waals surface area contributed by atoms with Crippen LogP contribution >= 0.6 is 54.8 Å². The van der Waals surface area contributed by atoms with Crippen LogP contribution in [0.25, 0.3) is 21.6 Å². The summed E-state index contributed by atoms with van der Waals surface area (Å²) in [5.74, 6) is 0.603. The van der Waals surface area contributed by atoms with Crippen molar-refractivity contribution in [2.45, 2.75) is 6.92 Å². The van der Waals surface area contributed by atoms with Crippen molar-refractivity contribution in [3.63, 3.8) is 0 Å². The standard InChI is InChI=1S/C12H6Br2ClN3S/c1-5-16-4-9(19-5)12-17-10-7(11(15)18-12)2-6(13)3-8(10)14/h2-4H,1H3. The molecule has 1 aromatic carbocycles. The number of thiazole rings is 1. The number of hydrogen-bond acceptors (Lipinski definition) is 4. The minimum absolute atomic E-state index is 0.438. The number of nitrogens with zero attached hydrogens (tertiary/aromatic N) is 3. The first kappa shape index (κ1) is 13.4. The van der Waals surface area contributed by atoms with E-state index in [4.69, 9.17) is 11.6 Å². The number of benzene rings is 1. The number of halogens is 3. The van der Waals surface area contributed by atoms with Crippen LogP contribution in [-0.2, 0) is 0 Å². The highest BCUT2D eigenvalue weighted by Crippen LogP contribution is 2.33. The van der Waals surface area contributed by atoms with E-state index in [1.807, 2.05) is 19.1 Å². The first-order valence-electron chi connectivity index (χ1n) is 5.29. The van der Waals surface area contributed by atoms with Gasteiger partial charge in [-0.2, -0.15) is 0 Å². The molecule has 3 nitrogen and oxygen atoms in total. The number of rotatable bonds is 1. The molecule has 0 radical (unpaired) electrons. The van der Waals surface area contributed by atoms with Crippen LogP contribution in [0.2, 0.25) is 5.15 Å². The molecule has 96 valence electrons. The van der Waals surface area contributed by atoms with Gasteiger partial charge in [-0.15, -0.1) is 11.3 Å². The van der Waals surface area contributed by atoms with Crippen molar-refractivity contribution in [1.82, 2.24) is 15.0 Å². The lowest BCUT2D eigenvalue weighted by Crippen LogP contribution is -1.91. The Balaban J connectivity index is 2.30. The Hall–Kier alpha value is -0.560. The predicted molar refractivity (Wildman–Crippen MR) is 85.8 cm³/mol. The maximum Gasteiger partial charge on any atom is 0.173 e. The molecule has 0 fully saturated rings. The summed E-state index contributed by atoms with van der Waals surface area (Å²) in [4.78, 5) is 14.0. The quantitative estimate of drug-likeness (QED) is 0.506. The summed E-state index contributed by atoms with van der Waals surface area (Å²) in [6, 6.07) is 3.84. The van der Waals surface area contributed by atoms with Crippen LogP contribution in [-0.4, -0.2) is 15.0 Å². The fraction of sp³-hybridized carbons (Fsp3) is 0.0833. The SMILES string of the molecule is Cc1ncc(-c2nc(Cl)c3cc(Br)cc(Br)c3n2)s1. The van der Waals surface area contributed by atoms with Crippen molar-refractivity contribution >= 4 is 65.7 Å². The molecule has 0 unspecified atom stereocenters. The third-order valence-electron chi connectivity index (χ3n) is 2.51. The topological polar surface area (TPSA) is 38.7 Å². The molecular weight excluding hydrogens is 413 g/mol. The van der Waals surface area contributed by atoms with Crippen molar-refractivity contribution in [2.75, 3.05) is 0 Å². The van der Waals surface area contributed by atoms with E-state index in [0.717, 1.165) is 29.7 Å². The third kappa shape index (κ3) is 2.54. The highest BCUT2D eigenvalue weighted by molar-refractivity contribution is 9.11. The van der Waals surface area contributed by atoms with Gasteiger partial charge in [-0.05, 0) is 35.0 Å². The molecule has 7 heteroatoms. The minimum atomic E-state index is 0.438. The van der Waals surface area contributed by atoms with Gasteiger partial charge in [-0.1, -0.05) is 27.5 Å². The van der Waals surface area contributed by atoms with Gasteiger partial charge in [0.1, 0.15) is 5.15 Å². The Morgan fingerprint density at radius 1 is 1.21 bits per heavy atom. The van der Waals surface area contributed by atoms with E-state index in [2.05, 4.69) is 46.8 Å². The molecule has 0 spiro atoms. The fourth-order valence-electron chi connectivity index (χ4n) is 1.70. The van der Waals surface area contributed by atoms with E-state index in [0.29, 0.717) is 11.0 Å². The molecule has 0 bridgehead atoms. The second kappa shape index (κ2) is 5.09. The first-order chi connectivity index (χ1) is 9.04. The molecule has 0 aliphatic heterocycles. The summed E-state index contributed by atoms with van der Waals surface area (Å²) >= 11 is 14.7. The van der Waals surface area contributed by atoms with Gasteiger partial charge in [0, 0.05) is 20.5 Å². The van der Waals surface area contributed by atoms with Gasteiger partial charge in [0.25, 0.3) is 0 Å². The van der Waals surface area contributed by atoms with Gasteiger partial charge < -0.3 is 0 Å². The molecule has 3 aromatic rings. The maximum atomic E-state index is 6.25. The van der Waals surface area contributed by atoms with E-state index in [9.17, 15) is 0 Å². The zero-order valence-electron chi connectivity index (χ0n) is 9.62. The van der Waals surface area contributed by atoms with Gasteiger partial charge in [0.05, 0.1) is 15.4 Å². The summed E-state index contributed by atoms with van der Waals surface area (Å²) < 4.78 is 1.81. The molecule has 0 aliphatic rings. The van der Waals surface area contributed by atoms with Crippen molar-refractivity contribution in [3.8, 4) is 10.7 Å².